The van der Waals surface area contributed by atoms with E-state index < -0.39 is 40.1 Å². The highest BCUT2D eigenvalue weighted by atomic mass is 19.2. The Balaban J connectivity index is 1.80. The van der Waals surface area contributed by atoms with Crippen molar-refractivity contribution in [3.8, 4) is 0 Å². The van der Waals surface area contributed by atoms with Gasteiger partial charge in [0.2, 0.25) is 5.85 Å². The van der Waals surface area contributed by atoms with E-state index in [1.807, 2.05) is 6.92 Å². The molecule has 138 valence electrons. The monoisotopic (exact) mass is 352 g/mol. The lowest BCUT2D eigenvalue weighted by molar-refractivity contribution is -0.315. The molecule has 7 atom stereocenters. The lowest BCUT2D eigenvalue weighted by Gasteiger charge is -2.59. The second-order valence-electron chi connectivity index (χ2n) is 8.60. The van der Waals surface area contributed by atoms with E-state index in [9.17, 15) is 15.0 Å². The molecule has 25 heavy (non-hydrogen) atoms. The first-order valence-electron chi connectivity index (χ1n) is 8.92. The van der Waals surface area contributed by atoms with Gasteiger partial charge < -0.3 is 19.7 Å². The molecule has 5 nitrogen and oxygen atoms in total. The Morgan fingerprint density at radius 1 is 1.36 bits per heavy atom. The van der Waals surface area contributed by atoms with Crippen molar-refractivity contribution in [3.63, 3.8) is 0 Å². The molecule has 0 aromatic carbocycles. The molecule has 3 fully saturated rings. The van der Waals surface area contributed by atoms with Gasteiger partial charge in [-0.25, -0.2) is 9.18 Å². The highest BCUT2D eigenvalue weighted by Gasteiger charge is 2.74. The van der Waals surface area contributed by atoms with Crippen LogP contribution in [0.5, 0.6) is 0 Å². The SMILES string of the molecule is C[C@H]1C[C@H]2[C@@H]3CCC4=COC=C[C@]4(C)[C@@]3(F)OC[C@]2(C)[C@@]1(O)C(=O)O. The highest BCUT2D eigenvalue weighted by Crippen LogP contribution is 2.68. The number of hydrogen-bond donors (Lipinski definition) is 2. The van der Waals surface area contributed by atoms with Crippen LogP contribution in [0.25, 0.3) is 0 Å². The third-order valence-corrected chi connectivity index (χ3v) is 7.67. The van der Waals surface area contributed by atoms with E-state index >= 15 is 4.39 Å². The number of halogens is 1. The second kappa shape index (κ2) is 4.86. The molecule has 0 aromatic heterocycles. The minimum absolute atomic E-state index is 0.116. The van der Waals surface area contributed by atoms with Crippen molar-refractivity contribution < 1.29 is 28.9 Å². The van der Waals surface area contributed by atoms with Crippen molar-refractivity contribution in [2.24, 2.45) is 28.6 Å². The van der Waals surface area contributed by atoms with Gasteiger partial charge in [0.15, 0.2) is 5.60 Å². The maximum Gasteiger partial charge on any atom is 0.336 e. The zero-order valence-corrected chi connectivity index (χ0v) is 14.8. The number of hydrogen-bond acceptors (Lipinski definition) is 4. The fourth-order valence-electron chi connectivity index (χ4n) is 5.97. The zero-order chi connectivity index (χ0) is 18.3. The minimum Gasteiger partial charge on any atom is -0.479 e. The molecule has 2 aliphatic carbocycles. The molecule has 2 N–H and O–H groups in total. The molecule has 0 radical (unpaired) electrons. The molecule has 4 aliphatic rings. The van der Waals surface area contributed by atoms with Crippen LogP contribution in [0.2, 0.25) is 0 Å². The quantitative estimate of drug-likeness (QED) is 0.759. The predicted octanol–water partition coefficient (Wildman–Crippen LogP) is 3.00. The molecule has 4 rings (SSSR count). The van der Waals surface area contributed by atoms with E-state index in [-0.39, 0.29) is 12.5 Å². The zero-order valence-electron chi connectivity index (χ0n) is 14.8. The first-order valence-corrected chi connectivity index (χ1v) is 8.92. The van der Waals surface area contributed by atoms with Gasteiger partial charge in [0.05, 0.1) is 24.5 Å². The van der Waals surface area contributed by atoms with Crippen LogP contribution in [0.4, 0.5) is 4.39 Å². The first kappa shape index (κ1) is 17.0. The van der Waals surface area contributed by atoms with Gasteiger partial charge in [0, 0.05) is 11.3 Å². The Hall–Kier alpha value is -1.40. The lowest BCUT2D eigenvalue weighted by atomic mass is 9.54. The predicted molar refractivity (Wildman–Crippen MR) is 86.9 cm³/mol. The van der Waals surface area contributed by atoms with E-state index in [4.69, 9.17) is 9.47 Å². The summed E-state index contributed by atoms with van der Waals surface area (Å²) < 4.78 is 27.4. The average Bonchev–Trinajstić information content (AvgIpc) is 2.77. The minimum atomic E-state index is -1.93. The number of fused-ring (bicyclic) bond motifs is 5. The van der Waals surface area contributed by atoms with Crippen LogP contribution in [-0.2, 0) is 14.3 Å². The summed E-state index contributed by atoms with van der Waals surface area (Å²) in [6, 6.07) is 0. The van der Waals surface area contributed by atoms with Crippen molar-refractivity contribution in [2.75, 3.05) is 6.61 Å². The Labute approximate surface area is 146 Å². The molecule has 0 aromatic rings. The van der Waals surface area contributed by atoms with Crippen molar-refractivity contribution in [2.45, 2.75) is 51.5 Å². The standard InChI is InChI=1S/C19H25FO5/c1-11-8-14-13-5-4-12-9-24-7-6-16(12,2)19(13,20)25-10-17(14,3)18(11,23)15(21)22/h6-7,9,11,13-14,23H,4-5,8,10H2,1-3H3,(H,21,22)/t11-,13-,14-,16-,17-,18-,19-/m0/s1. The van der Waals surface area contributed by atoms with Gasteiger partial charge in [0.1, 0.15) is 0 Å². The van der Waals surface area contributed by atoms with Crippen LogP contribution in [0.1, 0.15) is 40.0 Å². The third-order valence-electron chi connectivity index (χ3n) is 7.67. The molecule has 0 spiro atoms. The van der Waals surface area contributed by atoms with Gasteiger partial charge in [-0.15, -0.1) is 0 Å². The summed E-state index contributed by atoms with van der Waals surface area (Å²) in [5, 5.41) is 20.7. The Morgan fingerprint density at radius 3 is 2.76 bits per heavy atom. The number of carbonyl (C=O) groups is 1. The van der Waals surface area contributed by atoms with Crippen LogP contribution in [0.15, 0.2) is 24.2 Å². The molecular formula is C19H25FO5. The highest BCUT2D eigenvalue weighted by molar-refractivity contribution is 5.79. The molecule has 6 heteroatoms. The summed E-state index contributed by atoms with van der Waals surface area (Å²) in [6.07, 6.45) is 6.49. The summed E-state index contributed by atoms with van der Waals surface area (Å²) in [5.74, 6) is -4.34. The topological polar surface area (TPSA) is 76.0 Å². The van der Waals surface area contributed by atoms with E-state index in [0.717, 1.165) is 5.57 Å². The number of carboxylic acid groups (broad SMARTS) is 1. The fraction of sp³-hybridized carbons (Fsp3) is 0.737. The van der Waals surface area contributed by atoms with Gasteiger partial charge in [-0.1, -0.05) is 13.8 Å². The van der Waals surface area contributed by atoms with Crippen LogP contribution in [0.3, 0.4) is 0 Å². The normalized spacial score (nSPS) is 54.0. The van der Waals surface area contributed by atoms with Crippen molar-refractivity contribution in [1.82, 2.24) is 0 Å². The fourth-order valence-corrected chi connectivity index (χ4v) is 5.97. The number of alkyl halides is 1. The largest absolute Gasteiger partial charge is 0.479 e. The van der Waals surface area contributed by atoms with Gasteiger partial charge in [-0.2, -0.15) is 0 Å². The number of aliphatic carboxylic acids is 1. The first-order chi connectivity index (χ1) is 11.6. The Bertz CT molecular complexity index is 689. The van der Waals surface area contributed by atoms with Crippen LogP contribution in [0, 0.1) is 28.6 Å². The van der Waals surface area contributed by atoms with Crippen LogP contribution >= 0.6 is 0 Å². The van der Waals surface area contributed by atoms with Crippen molar-refractivity contribution in [1.29, 1.82) is 0 Å². The molecule has 2 heterocycles. The van der Waals surface area contributed by atoms with Crippen LogP contribution < -0.4 is 0 Å². The Morgan fingerprint density at radius 2 is 2.08 bits per heavy atom. The van der Waals surface area contributed by atoms with Gasteiger partial charge in [0.25, 0.3) is 0 Å². The molecule has 0 unspecified atom stereocenters. The molecule has 2 aliphatic heterocycles. The number of rotatable bonds is 1. The number of aliphatic hydroxyl groups is 1. The molecule has 0 amide bonds. The summed E-state index contributed by atoms with van der Waals surface area (Å²) in [7, 11) is 0. The van der Waals surface area contributed by atoms with E-state index in [1.165, 1.54) is 6.26 Å². The summed E-state index contributed by atoms with van der Waals surface area (Å²) >= 11 is 0. The van der Waals surface area contributed by atoms with E-state index in [2.05, 4.69) is 0 Å². The summed E-state index contributed by atoms with van der Waals surface area (Å²) in [4.78, 5) is 11.9. The smallest absolute Gasteiger partial charge is 0.336 e. The van der Waals surface area contributed by atoms with Gasteiger partial charge >= 0.3 is 5.97 Å². The summed E-state index contributed by atoms with van der Waals surface area (Å²) in [5.41, 5.74) is -2.98. The summed E-state index contributed by atoms with van der Waals surface area (Å²) in [6.45, 7) is 5.17. The van der Waals surface area contributed by atoms with E-state index in [1.54, 1.807) is 26.2 Å². The van der Waals surface area contributed by atoms with E-state index in [0.29, 0.717) is 19.3 Å². The van der Waals surface area contributed by atoms with Crippen molar-refractivity contribution >= 4 is 5.97 Å². The maximum absolute atomic E-state index is 16.3. The molecule has 1 saturated heterocycles. The van der Waals surface area contributed by atoms with Gasteiger partial charge in [-0.05, 0) is 49.7 Å². The third kappa shape index (κ3) is 1.72. The van der Waals surface area contributed by atoms with Crippen molar-refractivity contribution in [3.05, 3.63) is 24.2 Å². The second-order valence-corrected chi connectivity index (χ2v) is 8.60. The lowest BCUT2D eigenvalue weighted by Crippen LogP contribution is -2.66. The average molecular weight is 352 g/mol. The Kier molecular flexibility index (Phi) is 3.31. The van der Waals surface area contributed by atoms with Gasteiger partial charge in [-0.3, -0.25) is 0 Å². The molecule has 2 saturated carbocycles. The maximum atomic E-state index is 16.3. The molecule has 0 bridgehead atoms. The van der Waals surface area contributed by atoms with Crippen LogP contribution in [-0.4, -0.2) is 34.2 Å². The number of carboxylic acids is 1. The molecular weight excluding hydrogens is 327 g/mol. The number of ether oxygens (including phenoxy) is 2.